The second-order valence-electron chi connectivity index (χ2n) is 6.06. The molecule has 6 heteroatoms. The minimum absolute atomic E-state index is 0.138. The summed E-state index contributed by atoms with van der Waals surface area (Å²) in [6.07, 6.45) is 4.71. The van der Waals surface area contributed by atoms with Gasteiger partial charge < -0.3 is 15.8 Å². The number of methoxy groups -OCH3 is 1. The molecule has 0 bridgehead atoms. The second kappa shape index (κ2) is 6.54. The van der Waals surface area contributed by atoms with Gasteiger partial charge in [-0.3, -0.25) is 14.5 Å². The van der Waals surface area contributed by atoms with E-state index in [-0.39, 0.29) is 23.3 Å². The van der Waals surface area contributed by atoms with Crippen molar-refractivity contribution in [2.75, 3.05) is 33.4 Å². The van der Waals surface area contributed by atoms with Crippen molar-refractivity contribution < 1.29 is 14.3 Å². The average molecular weight is 283 g/mol. The van der Waals surface area contributed by atoms with Gasteiger partial charge in [0.15, 0.2) is 0 Å². The van der Waals surface area contributed by atoms with Gasteiger partial charge in [-0.25, -0.2) is 0 Å². The molecular formula is C14H25N3O3. The van der Waals surface area contributed by atoms with E-state index < -0.39 is 0 Å². The molecule has 0 atom stereocenters. The van der Waals surface area contributed by atoms with Crippen LogP contribution >= 0.6 is 0 Å². The molecule has 114 valence electrons. The number of nitrogens with two attached hydrogens (primary N) is 1. The molecule has 20 heavy (non-hydrogen) atoms. The van der Waals surface area contributed by atoms with Gasteiger partial charge in [-0.1, -0.05) is 6.42 Å². The quantitative estimate of drug-likeness (QED) is 0.711. The summed E-state index contributed by atoms with van der Waals surface area (Å²) in [5, 5.41) is 3.16. The van der Waals surface area contributed by atoms with Crippen molar-refractivity contribution >= 4 is 11.8 Å². The molecule has 2 aliphatic rings. The van der Waals surface area contributed by atoms with E-state index in [1.165, 1.54) is 0 Å². The Hall–Kier alpha value is -1.14. The number of carbonyl (C=O) groups excluding carboxylic acids is 2. The lowest BCUT2D eigenvalue weighted by Gasteiger charge is -2.41. The summed E-state index contributed by atoms with van der Waals surface area (Å²) in [4.78, 5) is 25.3. The van der Waals surface area contributed by atoms with E-state index in [9.17, 15) is 9.59 Å². The molecule has 1 aliphatic heterocycles. The van der Waals surface area contributed by atoms with Crippen molar-refractivity contribution in [1.29, 1.82) is 0 Å². The Morgan fingerprint density at radius 3 is 2.45 bits per heavy atom. The van der Waals surface area contributed by atoms with Crippen LogP contribution in [0.25, 0.3) is 0 Å². The first kappa shape index (κ1) is 15.3. The average Bonchev–Trinajstić information content (AvgIpc) is 2.35. The van der Waals surface area contributed by atoms with Crippen molar-refractivity contribution in [3.63, 3.8) is 0 Å². The molecule has 2 fully saturated rings. The predicted octanol–water partition coefficient (Wildman–Crippen LogP) is -0.131. The van der Waals surface area contributed by atoms with Gasteiger partial charge in [0, 0.05) is 26.2 Å². The predicted molar refractivity (Wildman–Crippen MR) is 75.0 cm³/mol. The minimum atomic E-state index is -0.293. The van der Waals surface area contributed by atoms with Gasteiger partial charge in [-0.15, -0.1) is 0 Å². The summed E-state index contributed by atoms with van der Waals surface area (Å²) in [5.74, 6) is -0.153. The van der Waals surface area contributed by atoms with E-state index in [1.54, 1.807) is 7.11 Å². The van der Waals surface area contributed by atoms with Crippen molar-refractivity contribution in [3.8, 4) is 0 Å². The van der Waals surface area contributed by atoms with E-state index in [2.05, 4.69) is 5.32 Å². The zero-order chi connectivity index (χ0) is 14.6. The summed E-state index contributed by atoms with van der Waals surface area (Å²) in [6.45, 7) is 2.45. The van der Waals surface area contributed by atoms with Gasteiger partial charge in [-0.2, -0.15) is 0 Å². The zero-order valence-electron chi connectivity index (χ0n) is 12.2. The van der Waals surface area contributed by atoms with Crippen LogP contribution < -0.4 is 11.1 Å². The Bertz CT molecular complexity index is 361. The van der Waals surface area contributed by atoms with Gasteiger partial charge in [-0.05, 0) is 25.7 Å². The van der Waals surface area contributed by atoms with Crippen LogP contribution in [-0.4, -0.2) is 56.1 Å². The van der Waals surface area contributed by atoms with Crippen molar-refractivity contribution in [2.45, 2.75) is 38.1 Å². The summed E-state index contributed by atoms with van der Waals surface area (Å²) >= 11 is 0. The molecule has 0 unspecified atom stereocenters. The topological polar surface area (TPSA) is 84.7 Å². The molecule has 0 radical (unpaired) electrons. The normalized spacial score (nSPS) is 23.1. The lowest BCUT2D eigenvalue weighted by molar-refractivity contribution is -0.141. The number of nitrogens with zero attached hydrogens (tertiary/aromatic N) is 1. The highest BCUT2D eigenvalue weighted by atomic mass is 16.5. The summed E-state index contributed by atoms with van der Waals surface area (Å²) in [6, 6.07) is 0.209. The maximum absolute atomic E-state index is 12.4. The highest BCUT2D eigenvalue weighted by molar-refractivity contribution is 5.84. The van der Waals surface area contributed by atoms with Crippen LogP contribution in [0.3, 0.4) is 0 Å². The molecule has 1 saturated carbocycles. The van der Waals surface area contributed by atoms with Crippen molar-refractivity contribution in [1.82, 2.24) is 10.2 Å². The van der Waals surface area contributed by atoms with Crippen LogP contribution in [0.4, 0.5) is 0 Å². The van der Waals surface area contributed by atoms with Crippen LogP contribution in [0.1, 0.15) is 32.1 Å². The van der Waals surface area contributed by atoms with Crippen molar-refractivity contribution in [3.05, 3.63) is 0 Å². The number of ether oxygens (including phenoxy) is 1. The smallest absolute Gasteiger partial charge is 0.231 e. The molecule has 1 saturated heterocycles. The molecule has 6 nitrogen and oxygen atoms in total. The molecule has 2 rings (SSSR count). The number of piperidine rings is 1. The fourth-order valence-corrected chi connectivity index (χ4v) is 3.11. The van der Waals surface area contributed by atoms with Gasteiger partial charge in [0.25, 0.3) is 0 Å². The Morgan fingerprint density at radius 1 is 1.35 bits per heavy atom. The van der Waals surface area contributed by atoms with E-state index in [0.717, 1.165) is 45.2 Å². The molecule has 3 N–H and O–H groups in total. The molecule has 0 aromatic carbocycles. The fourth-order valence-electron chi connectivity index (χ4n) is 3.11. The number of nitrogens with one attached hydrogen (secondary N) is 1. The maximum Gasteiger partial charge on any atom is 0.231 e. The van der Waals surface area contributed by atoms with Gasteiger partial charge >= 0.3 is 0 Å². The lowest BCUT2D eigenvalue weighted by atomic mass is 9.68. The molecule has 2 amide bonds. The Morgan fingerprint density at radius 2 is 2.00 bits per heavy atom. The number of hydrogen-bond acceptors (Lipinski definition) is 4. The van der Waals surface area contributed by atoms with Crippen LogP contribution in [0.5, 0.6) is 0 Å². The van der Waals surface area contributed by atoms with Crippen LogP contribution in [0.15, 0.2) is 0 Å². The van der Waals surface area contributed by atoms with E-state index in [1.807, 2.05) is 4.90 Å². The van der Waals surface area contributed by atoms with E-state index >= 15 is 0 Å². The molecule has 1 heterocycles. The first-order valence-corrected chi connectivity index (χ1v) is 7.36. The number of rotatable bonds is 6. The molecular weight excluding hydrogens is 258 g/mol. The molecule has 1 aliphatic carbocycles. The highest BCUT2D eigenvalue weighted by Gasteiger charge is 2.44. The van der Waals surface area contributed by atoms with Crippen LogP contribution in [0, 0.1) is 5.41 Å². The van der Waals surface area contributed by atoms with Gasteiger partial charge in [0.2, 0.25) is 11.8 Å². The minimum Gasteiger partial charge on any atom is -0.384 e. The molecule has 0 aromatic rings. The molecule has 0 aromatic heterocycles. The summed E-state index contributed by atoms with van der Waals surface area (Å²) in [5.41, 5.74) is 4.90. The number of likely N-dealkylation sites (tertiary alicyclic amines) is 1. The number of carbonyl (C=O) groups is 2. The van der Waals surface area contributed by atoms with Crippen LogP contribution in [-0.2, 0) is 14.3 Å². The van der Waals surface area contributed by atoms with E-state index in [4.69, 9.17) is 10.5 Å². The number of amides is 2. The number of hydrogen-bond donors (Lipinski definition) is 2. The zero-order valence-corrected chi connectivity index (χ0v) is 12.2. The second-order valence-corrected chi connectivity index (χ2v) is 6.06. The maximum atomic E-state index is 12.4. The standard InChI is InChI=1S/C14H25N3O3/c1-20-10-14(5-2-6-14)13(19)16-11-3-7-17(8-4-11)9-12(15)18/h11H,2-10H2,1H3,(H2,15,18)(H,16,19). The highest BCUT2D eigenvalue weighted by Crippen LogP contribution is 2.41. The SMILES string of the molecule is COCC1(C(=O)NC2CCN(CC(N)=O)CC2)CCC1. The third kappa shape index (κ3) is 3.49. The largest absolute Gasteiger partial charge is 0.384 e. The Labute approximate surface area is 120 Å². The van der Waals surface area contributed by atoms with E-state index in [0.29, 0.717) is 13.2 Å². The monoisotopic (exact) mass is 283 g/mol. The lowest BCUT2D eigenvalue weighted by Crippen LogP contribution is -2.54. The van der Waals surface area contributed by atoms with Gasteiger partial charge in [0.05, 0.1) is 18.6 Å². The van der Waals surface area contributed by atoms with Gasteiger partial charge in [0.1, 0.15) is 0 Å². The Balaban J connectivity index is 1.77. The number of primary amides is 1. The summed E-state index contributed by atoms with van der Waals surface area (Å²) < 4.78 is 5.20. The summed E-state index contributed by atoms with van der Waals surface area (Å²) in [7, 11) is 1.65. The first-order chi connectivity index (χ1) is 9.55. The third-order valence-corrected chi connectivity index (χ3v) is 4.52. The fraction of sp³-hybridized carbons (Fsp3) is 0.857. The van der Waals surface area contributed by atoms with Crippen LogP contribution in [0.2, 0.25) is 0 Å². The third-order valence-electron chi connectivity index (χ3n) is 4.52. The molecule has 0 spiro atoms. The first-order valence-electron chi connectivity index (χ1n) is 7.36. The Kier molecular flexibility index (Phi) is 4.99. The van der Waals surface area contributed by atoms with Crippen molar-refractivity contribution in [2.24, 2.45) is 11.1 Å².